The van der Waals surface area contributed by atoms with Crippen LogP contribution >= 0.6 is 11.6 Å². The van der Waals surface area contributed by atoms with Crippen molar-refractivity contribution in [2.24, 2.45) is 5.73 Å². The predicted molar refractivity (Wildman–Crippen MR) is 64.8 cm³/mol. The van der Waals surface area contributed by atoms with Gasteiger partial charge in [0.15, 0.2) is 0 Å². The first kappa shape index (κ1) is 13.4. The summed E-state index contributed by atoms with van der Waals surface area (Å²) in [5.41, 5.74) is 6.07. The third-order valence-electron chi connectivity index (χ3n) is 2.24. The molecule has 0 saturated carbocycles. The van der Waals surface area contributed by atoms with Crippen molar-refractivity contribution in [2.45, 2.75) is 13.8 Å². The first-order valence-corrected chi connectivity index (χ1v) is 5.53. The Morgan fingerprint density at radius 1 is 1.53 bits per heavy atom. The zero-order valence-electron chi connectivity index (χ0n) is 9.74. The number of likely N-dealkylation sites (N-methyl/N-ethyl adjacent to an activating group) is 1. The van der Waals surface area contributed by atoms with Crippen molar-refractivity contribution in [3.05, 3.63) is 28.5 Å². The average Bonchev–Trinajstić information content (AvgIpc) is 2.24. The lowest BCUT2D eigenvalue weighted by atomic mass is 10.2. The van der Waals surface area contributed by atoms with Crippen molar-refractivity contribution in [1.82, 2.24) is 9.88 Å². The van der Waals surface area contributed by atoms with Crippen LogP contribution in [-0.2, 0) is 4.79 Å². The maximum Gasteiger partial charge on any atom is 0.257 e. The smallest absolute Gasteiger partial charge is 0.257 e. The van der Waals surface area contributed by atoms with Crippen molar-refractivity contribution in [3.8, 4) is 0 Å². The lowest BCUT2D eigenvalue weighted by Crippen LogP contribution is -2.38. The number of hydrogen-bond donors (Lipinski definition) is 1. The maximum atomic E-state index is 12.0. The Balaban J connectivity index is 2.97. The molecule has 0 aliphatic heterocycles. The largest absolute Gasteiger partial charge is 0.368 e. The molecule has 2 N–H and O–H groups in total. The molecule has 6 heteroatoms. The minimum atomic E-state index is -0.559. The maximum absolute atomic E-state index is 12.0. The Morgan fingerprint density at radius 2 is 2.18 bits per heavy atom. The van der Waals surface area contributed by atoms with Crippen molar-refractivity contribution < 1.29 is 9.59 Å². The molecule has 2 amide bonds. The third kappa shape index (κ3) is 3.42. The van der Waals surface area contributed by atoms with Crippen LogP contribution in [0.25, 0.3) is 0 Å². The van der Waals surface area contributed by atoms with E-state index in [9.17, 15) is 9.59 Å². The SMILES string of the molecule is CCN(CC(N)=O)C(=O)c1cnc(C)cc1Cl. The number of pyridine rings is 1. The van der Waals surface area contributed by atoms with Crippen molar-refractivity contribution in [1.29, 1.82) is 0 Å². The highest BCUT2D eigenvalue weighted by atomic mass is 35.5. The normalized spacial score (nSPS) is 10.1. The molecular weight excluding hydrogens is 242 g/mol. The molecule has 0 radical (unpaired) electrons. The Hall–Kier alpha value is -1.62. The lowest BCUT2D eigenvalue weighted by molar-refractivity contribution is -0.118. The Kier molecular flexibility index (Phi) is 4.45. The molecule has 1 heterocycles. The van der Waals surface area contributed by atoms with E-state index < -0.39 is 5.91 Å². The summed E-state index contributed by atoms with van der Waals surface area (Å²) in [4.78, 5) is 28.2. The summed E-state index contributed by atoms with van der Waals surface area (Å²) in [5.74, 6) is -0.903. The fourth-order valence-electron chi connectivity index (χ4n) is 1.37. The van der Waals surface area contributed by atoms with Gasteiger partial charge >= 0.3 is 0 Å². The molecule has 5 nitrogen and oxygen atoms in total. The van der Waals surface area contributed by atoms with Gasteiger partial charge in [0.2, 0.25) is 5.91 Å². The molecule has 0 aliphatic carbocycles. The molecule has 1 rings (SSSR count). The van der Waals surface area contributed by atoms with Gasteiger partial charge in [0.05, 0.1) is 17.1 Å². The number of amides is 2. The van der Waals surface area contributed by atoms with E-state index in [1.54, 1.807) is 19.9 Å². The summed E-state index contributed by atoms with van der Waals surface area (Å²) in [6.45, 7) is 3.79. The van der Waals surface area contributed by atoms with Crippen LogP contribution in [0.2, 0.25) is 5.02 Å². The van der Waals surface area contributed by atoms with Gasteiger partial charge in [-0.15, -0.1) is 0 Å². The fourth-order valence-corrected chi connectivity index (χ4v) is 1.66. The lowest BCUT2D eigenvalue weighted by Gasteiger charge is -2.19. The summed E-state index contributed by atoms with van der Waals surface area (Å²) in [6, 6.07) is 1.60. The van der Waals surface area contributed by atoms with Crippen LogP contribution in [-0.4, -0.2) is 34.8 Å². The van der Waals surface area contributed by atoms with E-state index in [-0.39, 0.29) is 18.0 Å². The van der Waals surface area contributed by atoms with Gasteiger partial charge in [0.25, 0.3) is 5.91 Å². The number of hydrogen-bond acceptors (Lipinski definition) is 3. The highest BCUT2D eigenvalue weighted by Crippen LogP contribution is 2.17. The van der Waals surface area contributed by atoms with Gasteiger partial charge in [0.1, 0.15) is 0 Å². The van der Waals surface area contributed by atoms with E-state index >= 15 is 0 Å². The van der Waals surface area contributed by atoms with E-state index in [1.807, 2.05) is 0 Å². The average molecular weight is 256 g/mol. The Labute approximate surface area is 105 Å². The number of aryl methyl sites for hydroxylation is 1. The molecule has 0 aliphatic rings. The van der Waals surface area contributed by atoms with E-state index in [1.165, 1.54) is 11.1 Å². The molecule has 0 bridgehead atoms. The second-order valence-corrected chi connectivity index (χ2v) is 4.00. The van der Waals surface area contributed by atoms with Gasteiger partial charge in [-0.1, -0.05) is 11.6 Å². The van der Waals surface area contributed by atoms with Gasteiger partial charge in [-0.05, 0) is 19.9 Å². The fraction of sp³-hybridized carbons (Fsp3) is 0.364. The molecule has 0 fully saturated rings. The van der Waals surface area contributed by atoms with Crippen molar-refractivity contribution >= 4 is 23.4 Å². The van der Waals surface area contributed by atoms with Crippen LogP contribution in [0.15, 0.2) is 12.3 Å². The van der Waals surface area contributed by atoms with E-state index in [0.29, 0.717) is 11.6 Å². The third-order valence-corrected chi connectivity index (χ3v) is 2.55. The van der Waals surface area contributed by atoms with Gasteiger partial charge in [-0.3, -0.25) is 14.6 Å². The molecule has 1 aromatic heterocycles. The number of rotatable bonds is 4. The minimum absolute atomic E-state index is 0.125. The van der Waals surface area contributed by atoms with Crippen molar-refractivity contribution in [3.63, 3.8) is 0 Å². The highest BCUT2D eigenvalue weighted by Gasteiger charge is 2.18. The summed E-state index contributed by atoms with van der Waals surface area (Å²) in [6.07, 6.45) is 1.41. The molecule has 1 aromatic rings. The number of carbonyl (C=O) groups is 2. The van der Waals surface area contributed by atoms with Gasteiger partial charge in [-0.2, -0.15) is 0 Å². The number of aromatic nitrogens is 1. The summed E-state index contributed by atoms with van der Waals surface area (Å²) in [5, 5.41) is 0.324. The Bertz CT molecular complexity index is 448. The van der Waals surface area contributed by atoms with Gasteiger partial charge in [-0.25, -0.2) is 0 Å². The molecule has 0 atom stereocenters. The number of primary amides is 1. The first-order valence-electron chi connectivity index (χ1n) is 5.15. The summed E-state index contributed by atoms with van der Waals surface area (Å²) in [7, 11) is 0. The zero-order chi connectivity index (χ0) is 13.0. The molecule has 0 unspecified atom stereocenters. The first-order chi connectivity index (χ1) is 7.95. The number of nitrogens with zero attached hydrogens (tertiary/aromatic N) is 2. The summed E-state index contributed by atoms with van der Waals surface area (Å²) < 4.78 is 0. The standard InChI is InChI=1S/C11H14ClN3O2/c1-3-15(6-10(13)16)11(17)8-5-14-7(2)4-9(8)12/h4-5H,3,6H2,1-2H3,(H2,13,16). The van der Waals surface area contributed by atoms with Crippen LogP contribution in [0, 0.1) is 6.92 Å². The van der Waals surface area contributed by atoms with E-state index in [4.69, 9.17) is 17.3 Å². The molecule has 0 saturated heterocycles. The van der Waals surface area contributed by atoms with E-state index in [2.05, 4.69) is 4.98 Å². The van der Waals surface area contributed by atoms with E-state index in [0.717, 1.165) is 5.69 Å². The second-order valence-electron chi connectivity index (χ2n) is 3.59. The highest BCUT2D eigenvalue weighted by molar-refractivity contribution is 6.33. The zero-order valence-corrected chi connectivity index (χ0v) is 10.5. The van der Waals surface area contributed by atoms with Crippen molar-refractivity contribution in [2.75, 3.05) is 13.1 Å². The van der Waals surface area contributed by atoms with Crippen LogP contribution in [0.1, 0.15) is 23.0 Å². The predicted octanol–water partition coefficient (Wildman–Crippen LogP) is 0.991. The second kappa shape index (κ2) is 5.63. The molecule has 92 valence electrons. The van der Waals surface area contributed by atoms with Crippen LogP contribution in [0.4, 0.5) is 0 Å². The number of carbonyl (C=O) groups excluding carboxylic acids is 2. The number of nitrogens with two attached hydrogens (primary N) is 1. The summed E-state index contributed by atoms with van der Waals surface area (Å²) >= 11 is 5.96. The molecule has 0 spiro atoms. The van der Waals surface area contributed by atoms with Crippen LogP contribution in [0.5, 0.6) is 0 Å². The number of halogens is 1. The molecule has 17 heavy (non-hydrogen) atoms. The van der Waals surface area contributed by atoms with Crippen LogP contribution in [0.3, 0.4) is 0 Å². The topological polar surface area (TPSA) is 76.3 Å². The van der Waals surface area contributed by atoms with Gasteiger partial charge < -0.3 is 10.6 Å². The van der Waals surface area contributed by atoms with Crippen LogP contribution < -0.4 is 5.73 Å². The monoisotopic (exact) mass is 255 g/mol. The molecular formula is C11H14ClN3O2. The Morgan fingerprint density at radius 3 is 2.65 bits per heavy atom. The van der Waals surface area contributed by atoms with Gasteiger partial charge in [0, 0.05) is 18.4 Å². The quantitative estimate of drug-likeness (QED) is 0.872. The minimum Gasteiger partial charge on any atom is -0.368 e. The molecule has 0 aromatic carbocycles.